The van der Waals surface area contributed by atoms with E-state index in [0.29, 0.717) is 5.56 Å². The average Bonchev–Trinajstić information content (AvgIpc) is 2.68. The van der Waals surface area contributed by atoms with Crippen molar-refractivity contribution in [1.82, 2.24) is 0 Å². The van der Waals surface area contributed by atoms with Crippen LogP contribution >= 0.6 is 11.6 Å². The molecule has 0 aliphatic heterocycles. The molecule has 1 aromatic rings. The molecule has 1 aromatic carbocycles. The number of carbonyl (C=O) groups excluding carboxylic acids is 1. The average molecular weight is 498 g/mol. The van der Waals surface area contributed by atoms with Crippen LogP contribution in [-0.2, 0) is 16.0 Å². The van der Waals surface area contributed by atoms with Crippen LogP contribution in [0.5, 0.6) is 0 Å². The summed E-state index contributed by atoms with van der Waals surface area (Å²) in [5.74, 6) is -6.72. The highest BCUT2D eigenvalue weighted by Crippen LogP contribution is 2.40. The van der Waals surface area contributed by atoms with Crippen molar-refractivity contribution in [2.75, 3.05) is 5.32 Å². The first-order valence-corrected chi connectivity index (χ1v) is 10.4. The van der Waals surface area contributed by atoms with Crippen LogP contribution in [0.25, 0.3) is 0 Å². The number of alkyl halides is 6. The molecule has 2 rings (SSSR count). The number of nitrogens with one attached hydrogen (secondary N) is 1. The summed E-state index contributed by atoms with van der Waals surface area (Å²) in [6.07, 6.45) is -7.12. The number of benzene rings is 1. The van der Waals surface area contributed by atoms with Gasteiger partial charge in [0.25, 0.3) is 0 Å². The highest BCUT2D eigenvalue weighted by atomic mass is 35.5. The molecule has 1 aliphatic rings. The van der Waals surface area contributed by atoms with Gasteiger partial charge in [-0.2, -0.15) is 26.3 Å². The number of carboxylic acid groups (broad SMARTS) is 1. The van der Waals surface area contributed by atoms with Crippen LogP contribution in [0.4, 0.5) is 32.0 Å². The Hall–Kier alpha value is -2.49. The first kappa shape index (κ1) is 26.8. The van der Waals surface area contributed by atoms with Crippen LogP contribution in [0.1, 0.15) is 31.7 Å². The lowest BCUT2D eigenvalue weighted by Crippen LogP contribution is -2.40. The topological polar surface area (TPSA) is 66.4 Å². The maximum atomic E-state index is 13.5. The molecule has 0 aromatic heterocycles. The first-order chi connectivity index (χ1) is 15.2. The van der Waals surface area contributed by atoms with Gasteiger partial charge in [0.15, 0.2) is 0 Å². The lowest BCUT2D eigenvalue weighted by molar-refractivity contribution is -0.188. The molecule has 11 heteroatoms. The van der Waals surface area contributed by atoms with Crippen LogP contribution < -0.4 is 5.32 Å². The van der Waals surface area contributed by atoms with Crippen molar-refractivity contribution in [3.63, 3.8) is 0 Å². The molecule has 0 heterocycles. The summed E-state index contributed by atoms with van der Waals surface area (Å²) in [6, 6.07) is 4.31. The van der Waals surface area contributed by atoms with Crippen LogP contribution in [0.3, 0.4) is 0 Å². The second-order valence-corrected chi connectivity index (χ2v) is 8.29. The van der Waals surface area contributed by atoms with Crippen molar-refractivity contribution in [3.05, 3.63) is 52.6 Å². The largest absolute Gasteiger partial charge is 0.481 e. The third-order valence-corrected chi connectivity index (χ3v) is 5.68. The van der Waals surface area contributed by atoms with Crippen LogP contribution in [0, 0.1) is 17.8 Å². The molecule has 1 unspecified atom stereocenters. The molecule has 0 fully saturated rings. The van der Waals surface area contributed by atoms with Gasteiger partial charge in [-0.05, 0) is 42.0 Å². The molecule has 33 heavy (non-hydrogen) atoms. The van der Waals surface area contributed by atoms with Crippen molar-refractivity contribution >= 4 is 29.2 Å². The normalized spacial score (nSPS) is 18.4. The van der Waals surface area contributed by atoms with E-state index in [4.69, 9.17) is 16.7 Å². The molecule has 0 bridgehead atoms. The van der Waals surface area contributed by atoms with E-state index in [-0.39, 0.29) is 35.5 Å². The molecule has 0 saturated carbocycles. The van der Waals surface area contributed by atoms with E-state index in [2.05, 4.69) is 5.32 Å². The zero-order valence-corrected chi connectivity index (χ0v) is 18.2. The van der Waals surface area contributed by atoms with E-state index in [9.17, 15) is 35.9 Å². The van der Waals surface area contributed by atoms with Gasteiger partial charge in [0.1, 0.15) is 0 Å². The number of allylic oxidation sites excluding steroid dienone is 4. The fraction of sp³-hybridized carbons (Fsp3) is 0.455. The Balaban J connectivity index is 2.25. The number of halogens is 7. The number of carbonyl (C=O) groups is 2. The summed E-state index contributed by atoms with van der Waals surface area (Å²) in [7, 11) is 0. The highest BCUT2D eigenvalue weighted by Gasteiger charge is 2.47. The molecule has 1 aliphatic carbocycles. The number of anilines is 1. The van der Waals surface area contributed by atoms with Crippen molar-refractivity contribution in [3.8, 4) is 0 Å². The third-order valence-electron chi connectivity index (χ3n) is 5.35. The van der Waals surface area contributed by atoms with Gasteiger partial charge >= 0.3 is 18.3 Å². The lowest BCUT2D eigenvalue weighted by atomic mass is 9.77. The summed E-state index contributed by atoms with van der Waals surface area (Å²) in [4.78, 5) is 23.7. The molecule has 4 nitrogen and oxygen atoms in total. The van der Waals surface area contributed by atoms with Gasteiger partial charge < -0.3 is 10.4 Å². The summed E-state index contributed by atoms with van der Waals surface area (Å²) in [6.45, 7) is 0.845. The monoisotopic (exact) mass is 497 g/mol. The Morgan fingerprint density at radius 1 is 1.21 bits per heavy atom. The summed E-state index contributed by atoms with van der Waals surface area (Å²) < 4.78 is 78.3. The smallest absolute Gasteiger partial charge is 0.393 e. The SMILES string of the molecule is C[C@H]([C@H](C(=O)Nc1cc(CCC(=O)O)ccc1Cl)C1C=CC(CC(F)(F)F)=CC1)C(F)(F)F. The summed E-state index contributed by atoms with van der Waals surface area (Å²) >= 11 is 6.06. The Bertz CT molecular complexity index is 939. The molecule has 0 spiro atoms. The van der Waals surface area contributed by atoms with Crippen LogP contribution in [0.15, 0.2) is 42.0 Å². The Morgan fingerprint density at radius 2 is 1.88 bits per heavy atom. The predicted octanol–water partition coefficient (Wildman–Crippen LogP) is 6.57. The van der Waals surface area contributed by atoms with Crippen molar-refractivity contribution in [2.45, 2.75) is 45.0 Å². The summed E-state index contributed by atoms with van der Waals surface area (Å²) in [5.41, 5.74) is 0.457. The first-order valence-electron chi connectivity index (χ1n) is 9.99. The fourth-order valence-electron chi connectivity index (χ4n) is 3.60. The highest BCUT2D eigenvalue weighted by molar-refractivity contribution is 6.33. The molecule has 0 radical (unpaired) electrons. The van der Waals surface area contributed by atoms with E-state index >= 15 is 0 Å². The molecule has 182 valence electrons. The maximum Gasteiger partial charge on any atom is 0.393 e. The number of aryl methyl sites for hydroxylation is 1. The fourth-order valence-corrected chi connectivity index (χ4v) is 3.76. The molecular formula is C22H22ClF6NO3. The van der Waals surface area contributed by atoms with Crippen molar-refractivity contribution in [1.29, 1.82) is 0 Å². The molecule has 3 atom stereocenters. The second-order valence-electron chi connectivity index (χ2n) is 7.88. The van der Waals surface area contributed by atoms with Gasteiger partial charge in [-0.3, -0.25) is 9.59 Å². The zero-order chi connectivity index (χ0) is 25.0. The van der Waals surface area contributed by atoms with E-state index in [1.165, 1.54) is 30.4 Å². The number of carboxylic acids is 1. The standard InChI is InChI=1S/C22H22ClF6NO3/c1-12(22(27,28)29)19(15-6-2-14(3-7-15)11-21(24,25)26)20(33)30-17-10-13(4-8-16(17)23)5-9-18(31)32/h2-4,6,8,10,12,15,19H,5,7,9,11H2,1H3,(H,30,33)(H,31,32)/t12-,15?,19+/m1/s1. The molecular weight excluding hydrogens is 476 g/mol. The van der Waals surface area contributed by atoms with Crippen LogP contribution in [-0.4, -0.2) is 29.3 Å². The molecule has 1 amide bonds. The minimum atomic E-state index is -4.72. The molecule has 0 saturated heterocycles. The lowest BCUT2D eigenvalue weighted by Gasteiger charge is -2.31. The van der Waals surface area contributed by atoms with Gasteiger partial charge in [0, 0.05) is 6.42 Å². The Kier molecular flexibility index (Phi) is 8.62. The Labute approximate surface area is 191 Å². The van der Waals surface area contributed by atoms with E-state index < -0.39 is 48.4 Å². The van der Waals surface area contributed by atoms with Gasteiger partial charge in [0.05, 0.1) is 29.0 Å². The van der Waals surface area contributed by atoms with Crippen molar-refractivity contribution in [2.24, 2.45) is 17.8 Å². The molecule has 2 N–H and O–H groups in total. The predicted molar refractivity (Wildman–Crippen MR) is 111 cm³/mol. The summed E-state index contributed by atoms with van der Waals surface area (Å²) in [5, 5.41) is 11.2. The van der Waals surface area contributed by atoms with E-state index in [1.54, 1.807) is 0 Å². The van der Waals surface area contributed by atoms with Gasteiger partial charge in [-0.1, -0.05) is 42.8 Å². The number of rotatable bonds is 8. The zero-order valence-electron chi connectivity index (χ0n) is 17.4. The Morgan fingerprint density at radius 3 is 2.39 bits per heavy atom. The number of hydrogen-bond donors (Lipinski definition) is 2. The van der Waals surface area contributed by atoms with Crippen molar-refractivity contribution < 1.29 is 41.0 Å². The quantitative estimate of drug-likeness (QED) is 0.399. The number of hydrogen-bond acceptors (Lipinski definition) is 2. The van der Waals surface area contributed by atoms with E-state index in [0.717, 1.165) is 13.0 Å². The number of amides is 1. The van der Waals surface area contributed by atoms with Gasteiger partial charge in [-0.25, -0.2) is 0 Å². The van der Waals surface area contributed by atoms with Gasteiger partial charge in [-0.15, -0.1) is 0 Å². The van der Waals surface area contributed by atoms with Gasteiger partial charge in [0.2, 0.25) is 5.91 Å². The number of aliphatic carboxylic acids is 1. The minimum Gasteiger partial charge on any atom is -0.481 e. The minimum absolute atomic E-state index is 0.0250. The third kappa shape index (κ3) is 8.10. The van der Waals surface area contributed by atoms with E-state index in [1.807, 2.05) is 0 Å². The maximum absolute atomic E-state index is 13.5. The second kappa shape index (κ2) is 10.6. The van der Waals surface area contributed by atoms with Crippen LogP contribution in [0.2, 0.25) is 5.02 Å².